The largest absolute Gasteiger partial charge is 0.506 e. The molecule has 0 saturated heterocycles. The van der Waals surface area contributed by atoms with E-state index in [0.29, 0.717) is 5.02 Å². The Balaban J connectivity index is 0.00000180. The molecule has 0 fully saturated rings. The third-order valence-corrected chi connectivity index (χ3v) is 3.08. The summed E-state index contributed by atoms with van der Waals surface area (Å²) >= 11 is 5.83. The average Bonchev–Trinajstić information content (AvgIpc) is 2.33. The summed E-state index contributed by atoms with van der Waals surface area (Å²) in [5, 5.41) is 10.1. The van der Waals surface area contributed by atoms with Gasteiger partial charge in [0, 0.05) is 6.54 Å². The lowest BCUT2D eigenvalue weighted by Crippen LogP contribution is -2.11. The van der Waals surface area contributed by atoms with Crippen LogP contribution >= 0.6 is 24.0 Å². The molecule has 0 radical (unpaired) electrons. The summed E-state index contributed by atoms with van der Waals surface area (Å²) < 4.78 is 0. The van der Waals surface area contributed by atoms with E-state index in [0.717, 1.165) is 17.7 Å². The summed E-state index contributed by atoms with van der Waals surface area (Å²) in [5.74, 6) is 0.119. The van der Waals surface area contributed by atoms with Gasteiger partial charge in [0.1, 0.15) is 5.75 Å². The second-order valence-electron chi connectivity index (χ2n) is 4.56. The molecule has 2 aromatic carbocycles. The van der Waals surface area contributed by atoms with Gasteiger partial charge in [-0.1, -0.05) is 41.9 Å². The molecule has 19 heavy (non-hydrogen) atoms. The number of rotatable bonds is 3. The van der Waals surface area contributed by atoms with Crippen molar-refractivity contribution in [2.75, 3.05) is 14.1 Å². The predicted octanol–water partition coefficient (Wildman–Crippen LogP) is 4.20. The molecule has 1 N–H and O–H groups in total. The Labute approximate surface area is 125 Å². The van der Waals surface area contributed by atoms with E-state index in [-0.39, 0.29) is 18.2 Å². The first-order valence-electron chi connectivity index (χ1n) is 5.79. The fourth-order valence-electron chi connectivity index (χ4n) is 1.96. The fourth-order valence-corrected chi connectivity index (χ4v) is 2.08. The molecule has 2 nitrogen and oxygen atoms in total. The van der Waals surface area contributed by atoms with Crippen LogP contribution in [0.3, 0.4) is 0 Å². The van der Waals surface area contributed by atoms with Crippen LogP contribution in [-0.4, -0.2) is 24.1 Å². The molecule has 0 aliphatic carbocycles. The van der Waals surface area contributed by atoms with E-state index in [1.165, 1.54) is 5.56 Å². The van der Waals surface area contributed by atoms with Crippen LogP contribution < -0.4 is 0 Å². The second kappa shape index (κ2) is 6.80. The second-order valence-corrected chi connectivity index (χ2v) is 4.97. The van der Waals surface area contributed by atoms with Crippen molar-refractivity contribution >= 4 is 24.0 Å². The molecule has 0 amide bonds. The molecule has 0 saturated carbocycles. The molecule has 4 heteroatoms. The van der Waals surface area contributed by atoms with E-state index in [1.807, 2.05) is 32.3 Å². The van der Waals surface area contributed by atoms with Gasteiger partial charge < -0.3 is 10.0 Å². The average molecular weight is 298 g/mol. The van der Waals surface area contributed by atoms with Crippen LogP contribution in [0.15, 0.2) is 42.5 Å². The highest BCUT2D eigenvalue weighted by Gasteiger charge is 2.07. The molecular weight excluding hydrogens is 281 g/mol. The molecule has 0 heterocycles. The first kappa shape index (κ1) is 15.8. The Morgan fingerprint density at radius 1 is 1.11 bits per heavy atom. The number of hydrogen-bond acceptors (Lipinski definition) is 2. The summed E-state index contributed by atoms with van der Waals surface area (Å²) in [6, 6.07) is 13.5. The van der Waals surface area contributed by atoms with Gasteiger partial charge in [-0.3, -0.25) is 0 Å². The standard InChI is InChI=1S/C15H16ClNO.ClH/c1-17(2)10-12-5-3-4-6-13(12)11-7-8-14(16)15(18)9-11;/h3-9,18H,10H2,1-2H3;1H. The summed E-state index contributed by atoms with van der Waals surface area (Å²) in [6.45, 7) is 0.861. The van der Waals surface area contributed by atoms with Crippen LogP contribution in [-0.2, 0) is 6.54 Å². The summed E-state index contributed by atoms with van der Waals surface area (Å²) in [5.41, 5.74) is 3.33. The maximum Gasteiger partial charge on any atom is 0.134 e. The first-order chi connectivity index (χ1) is 8.58. The SMILES string of the molecule is CN(C)Cc1ccccc1-c1ccc(Cl)c(O)c1.Cl. The lowest BCUT2D eigenvalue weighted by molar-refractivity contribution is 0.403. The van der Waals surface area contributed by atoms with E-state index in [4.69, 9.17) is 11.6 Å². The van der Waals surface area contributed by atoms with Crippen molar-refractivity contribution in [3.63, 3.8) is 0 Å². The van der Waals surface area contributed by atoms with Gasteiger partial charge in [0.05, 0.1) is 5.02 Å². The lowest BCUT2D eigenvalue weighted by atomic mass is 9.99. The molecule has 2 rings (SSSR count). The number of benzene rings is 2. The van der Waals surface area contributed by atoms with Gasteiger partial charge >= 0.3 is 0 Å². The third kappa shape index (κ3) is 3.87. The minimum absolute atomic E-state index is 0. The third-order valence-electron chi connectivity index (χ3n) is 2.76. The van der Waals surface area contributed by atoms with Gasteiger partial charge in [0.25, 0.3) is 0 Å². The molecule has 0 aromatic heterocycles. The Morgan fingerprint density at radius 2 is 1.79 bits per heavy atom. The smallest absolute Gasteiger partial charge is 0.134 e. The zero-order chi connectivity index (χ0) is 13.1. The zero-order valence-electron chi connectivity index (χ0n) is 10.9. The first-order valence-corrected chi connectivity index (χ1v) is 6.17. The van der Waals surface area contributed by atoms with Crippen LogP contribution in [0, 0.1) is 0 Å². The van der Waals surface area contributed by atoms with Gasteiger partial charge in [0.2, 0.25) is 0 Å². The normalized spacial score (nSPS) is 10.3. The highest BCUT2D eigenvalue weighted by Crippen LogP contribution is 2.31. The summed E-state index contributed by atoms with van der Waals surface area (Å²) in [4.78, 5) is 2.12. The molecular formula is C15H17Cl2NO. The highest BCUT2D eigenvalue weighted by molar-refractivity contribution is 6.32. The monoisotopic (exact) mass is 297 g/mol. The van der Waals surface area contributed by atoms with Crippen LogP contribution in [0.4, 0.5) is 0 Å². The van der Waals surface area contributed by atoms with E-state index < -0.39 is 0 Å². The van der Waals surface area contributed by atoms with Gasteiger partial charge in [-0.15, -0.1) is 12.4 Å². The summed E-state index contributed by atoms with van der Waals surface area (Å²) in [6.07, 6.45) is 0. The lowest BCUT2D eigenvalue weighted by Gasteiger charge is -2.14. The Morgan fingerprint density at radius 3 is 2.42 bits per heavy atom. The number of halogens is 2. The van der Waals surface area contributed by atoms with Crippen molar-refractivity contribution in [3.8, 4) is 16.9 Å². The number of phenols is 1. The van der Waals surface area contributed by atoms with E-state index in [2.05, 4.69) is 17.0 Å². The Hall–Kier alpha value is -1.22. The molecule has 0 aliphatic rings. The summed E-state index contributed by atoms with van der Waals surface area (Å²) in [7, 11) is 4.08. The van der Waals surface area contributed by atoms with Crippen molar-refractivity contribution in [2.45, 2.75) is 6.54 Å². The van der Waals surface area contributed by atoms with Gasteiger partial charge in [-0.25, -0.2) is 0 Å². The zero-order valence-corrected chi connectivity index (χ0v) is 12.5. The number of aromatic hydroxyl groups is 1. The van der Waals surface area contributed by atoms with Crippen molar-refractivity contribution in [3.05, 3.63) is 53.1 Å². The number of hydrogen-bond donors (Lipinski definition) is 1. The maximum absolute atomic E-state index is 9.69. The van der Waals surface area contributed by atoms with E-state index >= 15 is 0 Å². The van der Waals surface area contributed by atoms with Crippen molar-refractivity contribution in [2.24, 2.45) is 0 Å². The van der Waals surface area contributed by atoms with Crippen LogP contribution in [0.5, 0.6) is 5.75 Å². The number of phenolic OH excluding ortho intramolecular Hbond substituents is 1. The van der Waals surface area contributed by atoms with E-state index in [1.54, 1.807) is 12.1 Å². The minimum atomic E-state index is 0. The Kier molecular flexibility index (Phi) is 5.67. The van der Waals surface area contributed by atoms with Crippen LogP contribution in [0.2, 0.25) is 5.02 Å². The van der Waals surface area contributed by atoms with Crippen LogP contribution in [0.1, 0.15) is 5.56 Å². The molecule has 2 aromatic rings. The van der Waals surface area contributed by atoms with Gasteiger partial charge in [-0.05, 0) is 42.9 Å². The van der Waals surface area contributed by atoms with E-state index in [9.17, 15) is 5.11 Å². The minimum Gasteiger partial charge on any atom is -0.506 e. The molecule has 0 aliphatic heterocycles. The van der Waals surface area contributed by atoms with Gasteiger partial charge in [0.15, 0.2) is 0 Å². The predicted molar refractivity (Wildman–Crippen MR) is 83.2 cm³/mol. The van der Waals surface area contributed by atoms with Crippen molar-refractivity contribution in [1.82, 2.24) is 4.90 Å². The molecule has 0 atom stereocenters. The fraction of sp³-hybridized carbons (Fsp3) is 0.200. The molecule has 0 spiro atoms. The molecule has 0 unspecified atom stereocenters. The van der Waals surface area contributed by atoms with Crippen molar-refractivity contribution < 1.29 is 5.11 Å². The van der Waals surface area contributed by atoms with Crippen molar-refractivity contribution in [1.29, 1.82) is 0 Å². The van der Waals surface area contributed by atoms with Gasteiger partial charge in [-0.2, -0.15) is 0 Å². The Bertz CT molecular complexity index is 556. The maximum atomic E-state index is 9.69. The number of nitrogens with zero attached hydrogens (tertiary/aromatic N) is 1. The molecule has 0 bridgehead atoms. The molecule has 102 valence electrons. The highest BCUT2D eigenvalue weighted by atomic mass is 35.5. The quantitative estimate of drug-likeness (QED) is 0.918. The topological polar surface area (TPSA) is 23.5 Å². The van der Waals surface area contributed by atoms with Crippen LogP contribution in [0.25, 0.3) is 11.1 Å².